The predicted octanol–water partition coefficient (Wildman–Crippen LogP) is 2.31. The van der Waals surface area contributed by atoms with E-state index < -0.39 is 12.1 Å². The second-order valence-electron chi connectivity index (χ2n) is 5.98. The molecule has 142 valence electrons. The molecule has 2 rings (SSSR count). The highest BCUT2D eigenvalue weighted by atomic mass is 35.5. The smallest absolute Gasteiger partial charge is 0.246 e. The van der Waals surface area contributed by atoms with Crippen LogP contribution in [0.4, 0.5) is 11.4 Å². The maximum atomic E-state index is 12.2. The van der Waals surface area contributed by atoms with Crippen LogP contribution < -0.4 is 21.3 Å². The average Bonchev–Trinajstić information content (AvgIpc) is 3.08. The van der Waals surface area contributed by atoms with Gasteiger partial charge in [0.25, 0.3) is 0 Å². The normalized spacial score (nSPS) is 15.4. The Hall–Kier alpha value is -1.50. The molecule has 0 aliphatic carbocycles. The van der Waals surface area contributed by atoms with E-state index in [0.717, 1.165) is 24.5 Å². The molecule has 4 N–H and O–H groups in total. The lowest BCUT2D eigenvalue weighted by Crippen LogP contribution is -2.48. The number of hydrogen-bond donors (Lipinski definition) is 3. The molecule has 0 saturated carbocycles. The minimum atomic E-state index is -0.629. The molecule has 1 aromatic carbocycles. The zero-order chi connectivity index (χ0) is 16.8. The van der Waals surface area contributed by atoms with Crippen molar-refractivity contribution >= 4 is 48.0 Å². The topological polar surface area (TPSA) is 87.5 Å². The van der Waals surface area contributed by atoms with Crippen molar-refractivity contribution in [2.75, 3.05) is 23.3 Å². The third kappa shape index (κ3) is 6.72. The second-order valence-corrected chi connectivity index (χ2v) is 5.98. The minimum Gasteiger partial charge on any atom is -0.371 e. The quantitative estimate of drug-likeness (QED) is 0.695. The van der Waals surface area contributed by atoms with Gasteiger partial charge in [-0.3, -0.25) is 9.59 Å². The molecule has 2 amide bonds. The van der Waals surface area contributed by atoms with Crippen LogP contribution in [0.15, 0.2) is 24.3 Å². The molecule has 25 heavy (non-hydrogen) atoms. The third-order valence-corrected chi connectivity index (χ3v) is 4.11. The van der Waals surface area contributed by atoms with Crippen molar-refractivity contribution in [2.45, 2.75) is 45.2 Å². The summed E-state index contributed by atoms with van der Waals surface area (Å²) in [4.78, 5) is 26.3. The Morgan fingerprint density at radius 3 is 2.44 bits per heavy atom. The molecule has 1 aliphatic heterocycles. The minimum absolute atomic E-state index is 0. The molecule has 1 saturated heterocycles. The largest absolute Gasteiger partial charge is 0.371 e. The van der Waals surface area contributed by atoms with Gasteiger partial charge in [-0.2, -0.15) is 0 Å². The van der Waals surface area contributed by atoms with Crippen molar-refractivity contribution < 1.29 is 9.59 Å². The van der Waals surface area contributed by atoms with Crippen molar-refractivity contribution in [3.05, 3.63) is 24.3 Å². The first kappa shape index (κ1) is 23.5. The number of rotatable bonds is 6. The van der Waals surface area contributed by atoms with E-state index in [-0.39, 0.29) is 36.6 Å². The standard InChI is InChI=1S/C17H26N4O2.2ClH/c1-3-15(18)17(23)19-12(2)16(22)20-13-7-6-8-14(11-13)21-9-4-5-10-21;;/h6-8,11-12,15H,3-5,9-10,18H2,1-2H3,(H,19,23)(H,20,22);2*1H/t12?,15-;;/m0../s1. The lowest BCUT2D eigenvalue weighted by molar-refractivity contribution is -0.127. The van der Waals surface area contributed by atoms with E-state index in [2.05, 4.69) is 15.5 Å². The summed E-state index contributed by atoms with van der Waals surface area (Å²) in [6.07, 6.45) is 2.95. The van der Waals surface area contributed by atoms with E-state index in [1.54, 1.807) is 6.92 Å². The average molecular weight is 391 g/mol. The fraction of sp³-hybridized carbons (Fsp3) is 0.529. The molecular formula is C17H28Cl2N4O2. The Balaban J connectivity index is 0.00000288. The van der Waals surface area contributed by atoms with Crippen LogP contribution >= 0.6 is 24.8 Å². The third-order valence-electron chi connectivity index (χ3n) is 4.11. The van der Waals surface area contributed by atoms with E-state index in [0.29, 0.717) is 6.42 Å². The molecule has 0 radical (unpaired) electrons. The zero-order valence-corrected chi connectivity index (χ0v) is 16.3. The molecule has 0 spiro atoms. The number of halogens is 2. The number of benzene rings is 1. The summed E-state index contributed by atoms with van der Waals surface area (Å²) in [5, 5.41) is 5.48. The Bertz CT molecular complexity index is 565. The van der Waals surface area contributed by atoms with Crippen LogP contribution in [0.5, 0.6) is 0 Å². The summed E-state index contributed by atoms with van der Waals surface area (Å²) in [7, 11) is 0. The van der Waals surface area contributed by atoms with Crippen LogP contribution in [0.3, 0.4) is 0 Å². The van der Waals surface area contributed by atoms with Gasteiger partial charge in [-0.05, 0) is 44.4 Å². The number of nitrogens with two attached hydrogens (primary N) is 1. The SMILES string of the molecule is CC[C@H](N)C(=O)NC(C)C(=O)Nc1cccc(N2CCCC2)c1.Cl.Cl. The number of anilines is 2. The van der Waals surface area contributed by atoms with Crippen LogP contribution in [-0.2, 0) is 9.59 Å². The molecule has 1 heterocycles. The molecular weight excluding hydrogens is 363 g/mol. The Morgan fingerprint density at radius 1 is 1.20 bits per heavy atom. The summed E-state index contributed by atoms with van der Waals surface area (Å²) in [5.41, 5.74) is 7.51. The van der Waals surface area contributed by atoms with Gasteiger partial charge < -0.3 is 21.3 Å². The lowest BCUT2D eigenvalue weighted by atomic mass is 10.2. The van der Waals surface area contributed by atoms with E-state index in [1.165, 1.54) is 12.8 Å². The highest BCUT2D eigenvalue weighted by molar-refractivity contribution is 5.97. The van der Waals surface area contributed by atoms with E-state index in [9.17, 15) is 9.59 Å². The van der Waals surface area contributed by atoms with Crippen LogP contribution in [0.2, 0.25) is 0 Å². The molecule has 1 aromatic rings. The van der Waals surface area contributed by atoms with Crippen LogP contribution in [0, 0.1) is 0 Å². The maximum Gasteiger partial charge on any atom is 0.246 e. The Kier molecular flexibility index (Phi) is 10.5. The van der Waals surface area contributed by atoms with E-state index >= 15 is 0 Å². The van der Waals surface area contributed by atoms with Gasteiger partial charge in [-0.15, -0.1) is 24.8 Å². The van der Waals surface area contributed by atoms with Crippen molar-refractivity contribution in [1.82, 2.24) is 5.32 Å². The summed E-state index contributed by atoms with van der Waals surface area (Å²) in [6.45, 7) is 5.59. The van der Waals surface area contributed by atoms with Gasteiger partial charge in [-0.25, -0.2) is 0 Å². The van der Waals surface area contributed by atoms with Crippen molar-refractivity contribution in [3.8, 4) is 0 Å². The van der Waals surface area contributed by atoms with Gasteiger partial charge in [-0.1, -0.05) is 13.0 Å². The van der Waals surface area contributed by atoms with Gasteiger partial charge >= 0.3 is 0 Å². The number of hydrogen-bond acceptors (Lipinski definition) is 4. The van der Waals surface area contributed by atoms with Crippen molar-refractivity contribution in [1.29, 1.82) is 0 Å². The number of nitrogens with zero attached hydrogens (tertiary/aromatic N) is 1. The van der Waals surface area contributed by atoms with E-state index in [4.69, 9.17) is 5.73 Å². The summed E-state index contributed by atoms with van der Waals surface area (Å²) < 4.78 is 0. The number of nitrogens with one attached hydrogen (secondary N) is 2. The van der Waals surface area contributed by atoms with Gasteiger partial charge in [0.05, 0.1) is 6.04 Å². The van der Waals surface area contributed by atoms with Gasteiger partial charge in [0.2, 0.25) is 11.8 Å². The number of carbonyl (C=O) groups excluding carboxylic acids is 2. The van der Waals surface area contributed by atoms with Crippen molar-refractivity contribution in [2.24, 2.45) is 5.73 Å². The number of carbonyl (C=O) groups is 2. The molecule has 0 bridgehead atoms. The fourth-order valence-corrected chi connectivity index (χ4v) is 2.58. The van der Waals surface area contributed by atoms with E-state index in [1.807, 2.05) is 31.2 Å². The number of amides is 2. The first-order chi connectivity index (χ1) is 11.0. The summed E-state index contributed by atoms with van der Waals surface area (Å²) >= 11 is 0. The molecule has 1 unspecified atom stereocenters. The first-order valence-electron chi connectivity index (χ1n) is 8.23. The lowest BCUT2D eigenvalue weighted by Gasteiger charge is -2.20. The highest BCUT2D eigenvalue weighted by Gasteiger charge is 2.19. The molecule has 1 aliphatic rings. The van der Waals surface area contributed by atoms with Crippen LogP contribution in [-0.4, -0.2) is 37.0 Å². The molecule has 8 heteroatoms. The van der Waals surface area contributed by atoms with Crippen LogP contribution in [0.1, 0.15) is 33.1 Å². The maximum absolute atomic E-state index is 12.2. The Morgan fingerprint density at radius 2 is 1.84 bits per heavy atom. The zero-order valence-electron chi connectivity index (χ0n) is 14.7. The second kappa shape index (κ2) is 11.2. The Labute approximate surface area is 161 Å². The molecule has 2 atom stereocenters. The van der Waals surface area contributed by atoms with Crippen LogP contribution in [0.25, 0.3) is 0 Å². The molecule has 0 aromatic heterocycles. The summed E-state index contributed by atoms with van der Waals surface area (Å²) in [5.74, 6) is -0.554. The van der Waals surface area contributed by atoms with Gasteiger partial charge in [0.1, 0.15) is 6.04 Å². The van der Waals surface area contributed by atoms with Gasteiger partial charge in [0.15, 0.2) is 0 Å². The monoisotopic (exact) mass is 390 g/mol. The summed E-state index contributed by atoms with van der Waals surface area (Å²) in [6, 6.07) is 6.59. The fourth-order valence-electron chi connectivity index (χ4n) is 2.58. The first-order valence-corrected chi connectivity index (χ1v) is 8.23. The van der Waals surface area contributed by atoms with Gasteiger partial charge in [0, 0.05) is 24.5 Å². The molecule has 1 fully saturated rings. The molecule has 6 nitrogen and oxygen atoms in total. The highest BCUT2D eigenvalue weighted by Crippen LogP contribution is 2.23. The van der Waals surface area contributed by atoms with Crippen molar-refractivity contribution in [3.63, 3.8) is 0 Å². The predicted molar refractivity (Wildman–Crippen MR) is 107 cm³/mol.